The monoisotopic (exact) mass is 347 g/mol. The number of hydrogen-bond donors (Lipinski definition) is 1. The minimum Gasteiger partial charge on any atom is -0.466 e. The molecule has 1 heterocycles. The molecule has 2 aromatic rings. The average molecular weight is 347 g/mol. The van der Waals surface area contributed by atoms with Gasteiger partial charge in [0.15, 0.2) is 0 Å². The van der Waals surface area contributed by atoms with Crippen molar-refractivity contribution in [1.82, 2.24) is 15.1 Å². The number of rotatable bonds is 7. The van der Waals surface area contributed by atoms with E-state index in [1.54, 1.807) is 37.6 Å². The Hall–Kier alpha value is -2.70. The smallest absolute Gasteiger partial charge is 0.305 e. The van der Waals surface area contributed by atoms with Gasteiger partial charge < -0.3 is 10.1 Å². The molecule has 0 saturated carbocycles. The number of nitrogens with zero attached hydrogens (tertiary/aromatic N) is 2. The van der Waals surface area contributed by atoms with E-state index in [1.807, 2.05) is 0 Å². The molecule has 0 aliphatic heterocycles. The van der Waals surface area contributed by atoms with E-state index in [0.29, 0.717) is 42.2 Å². The molecule has 2 rings (SSSR count). The molecule has 6 nitrogen and oxygen atoms in total. The highest BCUT2D eigenvalue weighted by molar-refractivity contribution is 5.96. The fourth-order valence-electron chi connectivity index (χ4n) is 2.56. The molecule has 0 radical (unpaired) electrons. The lowest BCUT2D eigenvalue weighted by molar-refractivity contribution is -0.143. The van der Waals surface area contributed by atoms with Crippen LogP contribution in [-0.2, 0) is 9.53 Å². The van der Waals surface area contributed by atoms with Crippen LogP contribution in [0.25, 0.3) is 5.69 Å². The molecule has 1 aromatic carbocycles. The molecule has 0 aliphatic carbocycles. The van der Waals surface area contributed by atoms with Crippen molar-refractivity contribution < 1.29 is 18.7 Å². The minimum absolute atomic E-state index is 0.243. The Balaban J connectivity index is 2.03. The lowest BCUT2D eigenvalue weighted by Crippen LogP contribution is -2.26. The number of hydrogen-bond acceptors (Lipinski definition) is 4. The van der Waals surface area contributed by atoms with Gasteiger partial charge in [-0.3, -0.25) is 9.59 Å². The van der Waals surface area contributed by atoms with Gasteiger partial charge in [-0.25, -0.2) is 9.07 Å². The van der Waals surface area contributed by atoms with Gasteiger partial charge in [-0.2, -0.15) is 5.10 Å². The van der Waals surface area contributed by atoms with Crippen LogP contribution in [0.3, 0.4) is 0 Å². The third-order valence-corrected chi connectivity index (χ3v) is 3.74. The maximum absolute atomic E-state index is 13.1. The molecule has 7 heteroatoms. The van der Waals surface area contributed by atoms with Crippen LogP contribution in [-0.4, -0.2) is 34.8 Å². The molecular formula is C18H22FN3O3. The Kier molecular flexibility index (Phi) is 6.27. The quantitative estimate of drug-likeness (QED) is 0.617. The van der Waals surface area contributed by atoms with Crippen LogP contribution in [0.5, 0.6) is 0 Å². The maximum Gasteiger partial charge on any atom is 0.305 e. The lowest BCUT2D eigenvalue weighted by atomic mass is 10.1. The Morgan fingerprint density at radius 2 is 1.92 bits per heavy atom. The number of nitrogens with one attached hydrogen (secondary N) is 1. The Morgan fingerprint density at radius 1 is 1.24 bits per heavy atom. The predicted octanol–water partition coefficient (Wildman–Crippen LogP) is 2.70. The zero-order chi connectivity index (χ0) is 18.4. The maximum atomic E-state index is 13.1. The van der Waals surface area contributed by atoms with Gasteiger partial charge in [-0.05, 0) is 51.5 Å². The standard InChI is InChI=1S/C18H22FN3O3/c1-4-25-16(23)6-5-11-20-18(24)17-12(2)21-22(13(17)3)15-9-7-14(19)8-10-15/h7-10H,4-6,11H2,1-3H3,(H,20,24). The van der Waals surface area contributed by atoms with Crippen molar-refractivity contribution in [2.24, 2.45) is 0 Å². The van der Waals surface area contributed by atoms with Crippen molar-refractivity contribution in [1.29, 1.82) is 0 Å². The third kappa shape index (κ3) is 4.65. The van der Waals surface area contributed by atoms with Crippen LogP contribution in [0.2, 0.25) is 0 Å². The topological polar surface area (TPSA) is 73.2 Å². The molecule has 0 saturated heterocycles. The Labute approximate surface area is 146 Å². The van der Waals surface area contributed by atoms with Gasteiger partial charge in [-0.15, -0.1) is 0 Å². The number of benzene rings is 1. The summed E-state index contributed by atoms with van der Waals surface area (Å²) in [6.07, 6.45) is 0.774. The first-order valence-corrected chi connectivity index (χ1v) is 8.20. The second-order valence-electron chi connectivity index (χ2n) is 5.60. The summed E-state index contributed by atoms with van der Waals surface area (Å²) >= 11 is 0. The highest BCUT2D eigenvalue weighted by atomic mass is 19.1. The van der Waals surface area contributed by atoms with Crippen molar-refractivity contribution in [3.8, 4) is 5.69 Å². The van der Waals surface area contributed by atoms with E-state index < -0.39 is 0 Å². The molecule has 0 fully saturated rings. The number of aromatic nitrogens is 2. The van der Waals surface area contributed by atoms with Gasteiger partial charge >= 0.3 is 5.97 Å². The molecule has 0 bridgehead atoms. The van der Waals surface area contributed by atoms with E-state index in [0.717, 1.165) is 0 Å². The minimum atomic E-state index is -0.329. The summed E-state index contributed by atoms with van der Waals surface area (Å²) in [6.45, 7) is 6.02. The van der Waals surface area contributed by atoms with Gasteiger partial charge in [0.05, 0.1) is 29.2 Å². The zero-order valence-corrected chi connectivity index (χ0v) is 14.6. The van der Waals surface area contributed by atoms with Gasteiger partial charge in [0.1, 0.15) is 5.82 Å². The van der Waals surface area contributed by atoms with Crippen LogP contribution in [0.15, 0.2) is 24.3 Å². The summed E-state index contributed by atoms with van der Waals surface area (Å²) < 4.78 is 19.5. The average Bonchev–Trinajstić information content (AvgIpc) is 2.87. The summed E-state index contributed by atoms with van der Waals surface area (Å²) in [4.78, 5) is 23.7. The Bertz CT molecular complexity index is 754. The molecule has 1 N–H and O–H groups in total. The largest absolute Gasteiger partial charge is 0.466 e. The number of amides is 1. The van der Waals surface area contributed by atoms with Crippen LogP contribution < -0.4 is 5.32 Å². The molecule has 25 heavy (non-hydrogen) atoms. The predicted molar refractivity (Wildman–Crippen MR) is 91.2 cm³/mol. The van der Waals surface area contributed by atoms with Gasteiger partial charge in [0, 0.05) is 13.0 Å². The van der Waals surface area contributed by atoms with Crippen molar-refractivity contribution >= 4 is 11.9 Å². The SMILES string of the molecule is CCOC(=O)CCCNC(=O)c1c(C)nn(-c2ccc(F)cc2)c1C. The molecule has 0 unspecified atom stereocenters. The van der Waals surface area contributed by atoms with E-state index in [-0.39, 0.29) is 24.1 Å². The molecule has 1 aromatic heterocycles. The van der Waals surface area contributed by atoms with E-state index in [1.165, 1.54) is 12.1 Å². The summed E-state index contributed by atoms with van der Waals surface area (Å²) in [7, 11) is 0. The summed E-state index contributed by atoms with van der Waals surface area (Å²) in [5.74, 6) is -0.842. The van der Waals surface area contributed by atoms with Crippen molar-refractivity contribution in [3.63, 3.8) is 0 Å². The fraction of sp³-hybridized carbons (Fsp3) is 0.389. The van der Waals surface area contributed by atoms with Crippen molar-refractivity contribution in [3.05, 3.63) is 47.0 Å². The van der Waals surface area contributed by atoms with Crippen LogP contribution in [0, 0.1) is 19.7 Å². The first-order chi connectivity index (χ1) is 11.9. The third-order valence-electron chi connectivity index (χ3n) is 3.74. The zero-order valence-electron chi connectivity index (χ0n) is 14.6. The molecule has 134 valence electrons. The first-order valence-electron chi connectivity index (χ1n) is 8.20. The Morgan fingerprint density at radius 3 is 2.56 bits per heavy atom. The second-order valence-corrected chi connectivity index (χ2v) is 5.60. The van der Waals surface area contributed by atoms with E-state index in [9.17, 15) is 14.0 Å². The molecular weight excluding hydrogens is 325 g/mol. The van der Waals surface area contributed by atoms with Crippen LogP contribution >= 0.6 is 0 Å². The summed E-state index contributed by atoms with van der Waals surface area (Å²) in [5.41, 5.74) is 2.43. The lowest BCUT2D eigenvalue weighted by Gasteiger charge is -2.07. The number of ether oxygens (including phenoxy) is 1. The second kappa shape index (κ2) is 8.41. The molecule has 0 atom stereocenters. The number of aryl methyl sites for hydroxylation is 1. The molecule has 0 spiro atoms. The number of carbonyl (C=O) groups is 2. The first kappa shape index (κ1) is 18.6. The molecule has 1 amide bonds. The van der Waals surface area contributed by atoms with Crippen molar-refractivity contribution in [2.45, 2.75) is 33.6 Å². The number of carbonyl (C=O) groups excluding carboxylic acids is 2. The number of esters is 1. The van der Waals surface area contributed by atoms with Gasteiger partial charge in [-0.1, -0.05) is 0 Å². The van der Waals surface area contributed by atoms with Gasteiger partial charge in [0.25, 0.3) is 5.91 Å². The highest BCUT2D eigenvalue weighted by Crippen LogP contribution is 2.18. The highest BCUT2D eigenvalue weighted by Gasteiger charge is 2.19. The summed E-state index contributed by atoms with van der Waals surface area (Å²) in [5, 5.41) is 7.16. The number of halogens is 1. The van der Waals surface area contributed by atoms with Crippen LogP contribution in [0.1, 0.15) is 41.5 Å². The van der Waals surface area contributed by atoms with Gasteiger partial charge in [0.2, 0.25) is 0 Å². The van der Waals surface area contributed by atoms with E-state index in [4.69, 9.17) is 4.74 Å². The van der Waals surface area contributed by atoms with E-state index >= 15 is 0 Å². The normalized spacial score (nSPS) is 10.6. The summed E-state index contributed by atoms with van der Waals surface area (Å²) in [6, 6.07) is 5.91. The van der Waals surface area contributed by atoms with Crippen molar-refractivity contribution in [2.75, 3.05) is 13.2 Å². The fourth-order valence-corrected chi connectivity index (χ4v) is 2.56. The molecule has 0 aliphatic rings. The van der Waals surface area contributed by atoms with Crippen LogP contribution in [0.4, 0.5) is 4.39 Å². The van der Waals surface area contributed by atoms with E-state index in [2.05, 4.69) is 10.4 Å².